The van der Waals surface area contributed by atoms with Crippen LogP contribution in [0, 0.1) is 5.41 Å². The van der Waals surface area contributed by atoms with Gasteiger partial charge in [-0.3, -0.25) is 0 Å². The maximum atomic E-state index is 3.47. The molecule has 17 heavy (non-hydrogen) atoms. The minimum Gasteiger partial charge on any atom is -0.316 e. The third kappa shape index (κ3) is 2.01. The van der Waals surface area contributed by atoms with Crippen LogP contribution in [0.4, 0.5) is 0 Å². The van der Waals surface area contributed by atoms with Crippen LogP contribution in [0.5, 0.6) is 0 Å². The largest absolute Gasteiger partial charge is 0.316 e. The number of hydrogen-bond acceptors (Lipinski definition) is 1. The fourth-order valence-corrected chi connectivity index (χ4v) is 3.30. The highest BCUT2D eigenvalue weighted by Gasteiger charge is 2.49. The summed E-state index contributed by atoms with van der Waals surface area (Å²) in [4.78, 5) is 0. The standard InChI is InChI=1S/C16H25N/c1-5-12-7-9-13(10-8-12)14-11-15(17-4)16(14,3)6-2/h7-10,14-15,17H,5-6,11H2,1-4H3. The first-order valence-electron chi connectivity index (χ1n) is 6.91. The van der Waals surface area contributed by atoms with Gasteiger partial charge in [0.15, 0.2) is 0 Å². The molecule has 0 spiro atoms. The predicted octanol–water partition coefficient (Wildman–Crippen LogP) is 3.74. The van der Waals surface area contributed by atoms with Crippen molar-refractivity contribution < 1.29 is 0 Å². The molecular weight excluding hydrogens is 206 g/mol. The lowest BCUT2D eigenvalue weighted by Crippen LogP contribution is -2.55. The van der Waals surface area contributed by atoms with Crippen LogP contribution >= 0.6 is 0 Å². The van der Waals surface area contributed by atoms with Crippen molar-refractivity contribution in [3.63, 3.8) is 0 Å². The van der Waals surface area contributed by atoms with Crippen molar-refractivity contribution in [2.75, 3.05) is 7.05 Å². The average Bonchev–Trinajstić information content (AvgIpc) is 2.38. The molecule has 0 aliphatic heterocycles. The molecule has 0 heterocycles. The molecule has 2 rings (SSSR count). The Labute approximate surface area is 106 Å². The molecule has 1 aliphatic carbocycles. The average molecular weight is 231 g/mol. The monoisotopic (exact) mass is 231 g/mol. The van der Waals surface area contributed by atoms with Gasteiger partial charge in [-0.25, -0.2) is 0 Å². The van der Waals surface area contributed by atoms with Gasteiger partial charge in [0.1, 0.15) is 0 Å². The van der Waals surface area contributed by atoms with E-state index in [1.54, 1.807) is 0 Å². The van der Waals surface area contributed by atoms with Crippen LogP contribution in [-0.4, -0.2) is 13.1 Å². The van der Waals surface area contributed by atoms with E-state index >= 15 is 0 Å². The van der Waals surface area contributed by atoms with E-state index in [0.717, 1.165) is 12.3 Å². The molecule has 1 aliphatic rings. The zero-order chi connectivity index (χ0) is 12.5. The second kappa shape index (κ2) is 4.81. The van der Waals surface area contributed by atoms with Gasteiger partial charge in [-0.15, -0.1) is 0 Å². The molecule has 0 bridgehead atoms. The number of aryl methyl sites for hydroxylation is 1. The van der Waals surface area contributed by atoms with E-state index in [1.807, 2.05) is 0 Å². The minimum absolute atomic E-state index is 0.433. The Bertz CT molecular complexity index is 368. The summed E-state index contributed by atoms with van der Waals surface area (Å²) in [5, 5.41) is 3.47. The molecule has 0 aromatic heterocycles. The highest BCUT2D eigenvalue weighted by molar-refractivity contribution is 5.30. The normalized spacial score (nSPS) is 32.2. The third-order valence-electron chi connectivity index (χ3n) is 4.96. The highest BCUT2D eigenvalue weighted by Crippen LogP contribution is 2.54. The zero-order valence-corrected chi connectivity index (χ0v) is 11.6. The lowest BCUT2D eigenvalue weighted by molar-refractivity contribution is 0.0495. The molecule has 0 saturated heterocycles. The Hall–Kier alpha value is -0.820. The summed E-state index contributed by atoms with van der Waals surface area (Å²) in [5.41, 5.74) is 3.40. The molecule has 1 aromatic carbocycles. The van der Waals surface area contributed by atoms with Crippen molar-refractivity contribution in [1.29, 1.82) is 0 Å². The highest BCUT2D eigenvalue weighted by atomic mass is 14.9. The Morgan fingerprint density at radius 3 is 2.35 bits per heavy atom. The minimum atomic E-state index is 0.433. The first-order chi connectivity index (χ1) is 8.15. The Morgan fingerprint density at radius 2 is 1.88 bits per heavy atom. The van der Waals surface area contributed by atoms with Crippen LogP contribution in [0.3, 0.4) is 0 Å². The summed E-state index contributed by atoms with van der Waals surface area (Å²) in [5.74, 6) is 0.732. The second-order valence-corrected chi connectivity index (χ2v) is 5.58. The van der Waals surface area contributed by atoms with E-state index in [0.29, 0.717) is 11.5 Å². The van der Waals surface area contributed by atoms with E-state index in [1.165, 1.54) is 24.0 Å². The van der Waals surface area contributed by atoms with Crippen molar-refractivity contribution in [3.8, 4) is 0 Å². The van der Waals surface area contributed by atoms with E-state index in [2.05, 4.69) is 57.4 Å². The smallest absolute Gasteiger partial charge is 0.0130 e. The zero-order valence-electron chi connectivity index (χ0n) is 11.6. The van der Waals surface area contributed by atoms with Gasteiger partial charge in [-0.05, 0) is 48.8 Å². The Kier molecular flexibility index (Phi) is 3.58. The molecule has 1 nitrogen and oxygen atoms in total. The Balaban J connectivity index is 2.18. The van der Waals surface area contributed by atoms with E-state index in [-0.39, 0.29) is 0 Å². The lowest BCUT2D eigenvalue weighted by Gasteiger charge is -2.54. The molecule has 0 amide bonds. The van der Waals surface area contributed by atoms with Gasteiger partial charge in [-0.1, -0.05) is 45.0 Å². The topological polar surface area (TPSA) is 12.0 Å². The number of benzene rings is 1. The van der Waals surface area contributed by atoms with Gasteiger partial charge >= 0.3 is 0 Å². The van der Waals surface area contributed by atoms with Gasteiger partial charge in [0.2, 0.25) is 0 Å². The quantitative estimate of drug-likeness (QED) is 0.832. The van der Waals surface area contributed by atoms with Gasteiger partial charge in [-0.2, -0.15) is 0 Å². The molecule has 3 atom stereocenters. The van der Waals surface area contributed by atoms with Gasteiger partial charge in [0.25, 0.3) is 0 Å². The number of rotatable bonds is 4. The second-order valence-electron chi connectivity index (χ2n) is 5.58. The maximum Gasteiger partial charge on any atom is 0.0130 e. The molecule has 3 unspecified atom stereocenters. The first-order valence-corrected chi connectivity index (χ1v) is 6.91. The fraction of sp³-hybridized carbons (Fsp3) is 0.625. The number of hydrogen-bond donors (Lipinski definition) is 1. The van der Waals surface area contributed by atoms with E-state index < -0.39 is 0 Å². The molecule has 1 N–H and O–H groups in total. The van der Waals surface area contributed by atoms with Crippen LogP contribution in [0.2, 0.25) is 0 Å². The SMILES string of the molecule is CCc1ccc(C2CC(NC)C2(C)CC)cc1. The third-order valence-corrected chi connectivity index (χ3v) is 4.96. The summed E-state index contributed by atoms with van der Waals surface area (Å²) >= 11 is 0. The first kappa shape index (κ1) is 12.6. The van der Waals surface area contributed by atoms with E-state index in [4.69, 9.17) is 0 Å². The van der Waals surface area contributed by atoms with Crippen molar-refractivity contribution in [1.82, 2.24) is 5.32 Å². The van der Waals surface area contributed by atoms with Gasteiger partial charge in [0, 0.05) is 6.04 Å². The van der Waals surface area contributed by atoms with Crippen molar-refractivity contribution in [2.24, 2.45) is 5.41 Å². The predicted molar refractivity (Wildman–Crippen MR) is 74.4 cm³/mol. The summed E-state index contributed by atoms with van der Waals surface area (Å²) in [6, 6.07) is 9.94. The van der Waals surface area contributed by atoms with Gasteiger partial charge < -0.3 is 5.32 Å². The number of nitrogens with one attached hydrogen (secondary N) is 1. The van der Waals surface area contributed by atoms with Crippen LogP contribution in [-0.2, 0) is 6.42 Å². The lowest BCUT2D eigenvalue weighted by atomic mass is 9.54. The summed E-state index contributed by atoms with van der Waals surface area (Å²) in [6.07, 6.45) is 3.67. The van der Waals surface area contributed by atoms with Crippen LogP contribution in [0.15, 0.2) is 24.3 Å². The Morgan fingerprint density at radius 1 is 1.24 bits per heavy atom. The summed E-state index contributed by atoms with van der Waals surface area (Å²) in [6.45, 7) is 6.96. The molecule has 94 valence electrons. The molecule has 1 heteroatoms. The molecule has 1 saturated carbocycles. The summed E-state index contributed by atoms with van der Waals surface area (Å²) in [7, 11) is 2.09. The van der Waals surface area contributed by atoms with Crippen LogP contribution in [0.1, 0.15) is 50.7 Å². The van der Waals surface area contributed by atoms with E-state index in [9.17, 15) is 0 Å². The summed E-state index contributed by atoms with van der Waals surface area (Å²) < 4.78 is 0. The molecular formula is C16H25N. The van der Waals surface area contributed by atoms with Crippen LogP contribution < -0.4 is 5.32 Å². The van der Waals surface area contributed by atoms with Crippen molar-refractivity contribution >= 4 is 0 Å². The van der Waals surface area contributed by atoms with Crippen molar-refractivity contribution in [2.45, 2.75) is 52.0 Å². The van der Waals surface area contributed by atoms with Crippen molar-refractivity contribution in [3.05, 3.63) is 35.4 Å². The maximum absolute atomic E-state index is 3.47. The molecule has 0 radical (unpaired) electrons. The fourth-order valence-electron chi connectivity index (χ4n) is 3.30. The van der Waals surface area contributed by atoms with Crippen LogP contribution in [0.25, 0.3) is 0 Å². The molecule has 1 fully saturated rings. The van der Waals surface area contributed by atoms with Gasteiger partial charge in [0.05, 0.1) is 0 Å². The molecule has 1 aromatic rings.